The van der Waals surface area contributed by atoms with Crippen LogP contribution in [-0.2, 0) is 14.3 Å². The van der Waals surface area contributed by atoms with E-state index in [0.29, 0.717) is 0 Å². The lowest BCUT2D eigenvalue weighted by Gasteiger charge is -2.11. The minimum Gasteiger partial charge on any atom is -0.512 e. The van der Waals surface area contributed by atoms with Crippen molar-refractivity contribution in [3.8, 4) is 0 Å². The SMILES string of the molecule is COC(CC(O)=CC(C)=O)OC. The number of aliphatic hydroxyl groups is 1. The molecule has 0 aromatic heterocycles. The molecular weight excluding hydrogens is 160 g/mol. The lowest BCUT2D eigenvalue weighted by Crippen LogP contribution is -2.13. The van der Waals surface area contributed by atoms with E-state index in [1.54, 1.807) is 0 Å². The molecule has 1 N–H and O–H groups in total. The third-order valence-corrected chi connectivity index (χ3v) is 1.27. The van der Waals surface area contributed by atoms with Gasteiger partial charge in [0.15, 0.2) is 12.1 Å². The molecular formula is C8H14O4. The molecule has 0 unspecified atom stereocenters. The maximum atomic E-state index is 10.5. The number of methoxy groups -OCH3 is 2. The van der Waals surface area contributed by atoms with Gasteiger partial charge < -0.3 is 14.6 Å². The van der Waals surface area contributed by atoms with E-state index >= 15 is 0 Å². The first-order valence-corrected chi connectivity index (χ1v) is 3.55. The van der Waals surface area contributed by atoms with Gasteiger partial charge in [0.2, 0.25) is 0 Å². The van der Waals surface area contributed by atoms with Gasteiger partial charge in [0.25, 0.3) is 0 Å². The summed E-state index contributed by atoms with van der Waals surface area (Å²) in [6.07, 6.45) is 0.832. The van der Waals surface area contributed by atoms with Crippen molar-refractivity contribution in [3.63, 3.8) is 0 Å². The third-order valence-electron chi connectivity index (χ3n) is 1.27. The number of aliphatic hydroxyl groups excluding tert-OH is 1. The number of ketones is 1. The van der Waals surface area contributed by atoms with Crippen LogP contribution in [0.5, 0.6) is 0 Å². The molecule has 0 aliphatic heterocycles. The smallest absolute Gasteiger partial charge is 0.163 e. The summed E-state index contributed by atoms with van der Waals surface area (Å²) < 4.78 is 9.63. The Hall–Kier alpha value is -0.870. The summed E-state index contributed by atoms with van der Waals surface area (Å²) in [7, 11) is 2.93. The van der Waals surface area contributed by atoms with Crippen LogP contribution in [0.3, 0.4) is 0 Å². The molecule has 0 radical (unpaired) electrons. The van der Waals surface area contributed by atoms with Gasteiger partial charge in [-0.1, -0.05) is 0 Å². The molecule has 4 heteroatoms. The lowest BCUT2D eigenvalue weighted by molar-refractivity contribution is -0.113. The zero-order valence-electron chi connectivity index (χ0n) is 7.53. The second kappa shape index (κ2) is 5.74. The molecule has 0 aromatic carbocycles. The number of carbonyl (C=O) groups excluding carboxylic acids is 1. The van der Waals surface area contributed by atoms with Crippen molar-refractivity contribution in [1.82, 2.24) is 0 Å². The maximum Gasteiger partial charge on any atom is 0.163 e. The van der Waals surface area contributed by atoms with Gasteiger partial charge in [-0.05, 0) is 6.92 Å². The van der Waals surface area contributed by atoms with Crippen molar-refractivity contribution in [2.45, 2.75) is 19.6 Å². The van der Waals surface area contributed by atoms with Crippen LogP contribution in [0.15, 0.2) is 11.8 Å². The summed E-state index contributed by atoms with van der Waals surface area (Å²) in [4.78, 5) is 10.5. The fraction of sp³-hybridized carbons (Fsp3) is 0.625. The number of allylic oxidation sites excluding steroid dienone is 1. The highest BCUT2D eigenvalue weighted by molar-refractivity contribution is 5.87. The number of rotatable bonds is 5. The highest BCUT2D eigenvalue weighted by Crippen LogP contribution is 2.05. The van der Waals surface area contributed by atoms with Crippen LogP contribution in [0.4, 0.5) is 0 Å². The van der Waals surface area contributed by atoms with Crippen LogP contribution < -0.4 is 0 Å². The molecule has 0 rings (SSSR count). The van der Waals surface area contributed by atoms with E-state index in [2.05, 4.69) is 0 Å². The van der Waals surface area contributed by atoms with Crippen LogP contribution in [0.1, 0.15) is 13.3 Å². The quantitative estimate of drug-likeness (QED) is 0.384. The van der Waals surface area contributed by atoms with Crippen molar-refractivity contribution in [2.75, 3.05) is 14.2 Å². The van der Waals surface area contributed by atoms with Crippen LogP contribution >= 0.6 is 0 Å². The molecule has 0 aliphatic rings. The van der Waals surface area contributed by atoms with Crippen molar-refractivity contribution < 1.29 is 19.4 Å². The number of hydrogen-bond acceptors (Lipinski definition) is 4. The molecule has 0 spiro atoms. The molecule has 0 fully saturated rings. The molecule has 0 saturated carbocycles. The molecule has 4 nitrogen and oxygen atoms in total. The Morgan fingerprint density at radius 3 is 2.33 bits per heavy atom. The number of ether oxygens (including phenoxy) is 2. The van der Waals surface area contributed by atoms with Gasteiger partial charge in [-0.15, -0.1) is 0 Å². The average molecular weight is 174 g/mol. The summed E-state index contributed by atoms with van der Waals surface area (Å²) in [6.45, 7) is 1.37. The Morgan fingerprint density at radius 1 is 1.50 bits per heavy atom. The van der Waals surface area contributed by atoms with Gasteiger partial charge in [-0.3, -0.25) is 4.79 Å². The zero-order chi connectivity index (χ0) is 9.56. The Morgan fingerprint density at radius 2 is 2.00 bits per heavy atom. The first kappa shape index (κ1) is 11.1. The summed E-state index contributed by atoms with van der Waals surface area (Å²) >= 11 is 0. The highest BCUT2D eigenvalue weighted by atomic mass is 16.7. The van der Waals surface area contributed by atoms with Crippen molar-refractivity contribution >= 4 is 5.78 Å². The Labute approximate surface area is 71.8 Å². The van der Waals surface area contributed by atoms with Crippen molar-refractivity contribution in [3.05, 3.63) is 11.8 Å². The predicted molar refractivity (Wildman–Crippen MR) is 43.8 cm³/mol. The monoisotopic (exact) mass is 174 g/mol. The first-order valence-electron chi connectivity index (χ1n) is 3.55. The second-order valence-corrected chi connectivity index (χ2v) is 2.35. The molecule has 0 amide bonds. The Kier molecular flexibility index (Phi) is 5.32. The summed E-state index contributed by atoms with van der Waals surface area (Å²) in [6, 6.07) is 0. The van der Waals surface area contributed by atoms with E-state index < -0.39 is 6.29 Å². The molecule has 0 aromatic rings. The maximum absolute atomic E-state index is 10.5. The van der Waals surface area contributed by atoms with E-state index in [1.165, 1.54) is 21.1 Å². The molecule has 0 heterocycles. The van der Waals surface area contributed by atoms with Crippen LogP contribution in [0, 0.1) is 0 Å². The van der Waals surface area contributed by atoms with Gasteiger partial charge >= 0.3 is 0 Å². The van der Waals surface area contributed by atoms with E-state index in [0.717, 1.165) is 6.08 Å². The van der Waals surface area contributed by atoms with Gasteiger partial charge in [-0.25, -0.2) is 0 Å². The first-order chi connectivity index (χ1) is 5.60. The average Bonchev–Trinajstić information content (AvgIpc) is 1.98. The van der Waals surface area contributed by atoms with Gasteiger partial charge in [0, 0.05) is 20.3 Å². The summed E-state index contributed by atoms with van der Waals surface area (Å²) in [5.41, 5.74) is 0. The van der Waals surface area contributed by atoms with Crippen molar-refractivity contribution in [1.29, 1.82) is 0 Å². The standard InChI is InChI=1S/C8H14O4/c1-6(9)4-7(10)5-8(11-2)12-3/h4,8,10H,5H2,1-3H3. The van der Waals surface area contributed by atoms with Crippen LogP contribution in [-0.4, -0.2) is 31.4 Å². The van der Waals surface area contributed by atoms with Crippen LogP contribution in [0.25, 0.3) is 0 Å². The fourth-order valence-corrected chi connectivity index (χ4v) is 0.727. The van der Waals surface area contributed by atoms with E-state index in [-0.39, 0.29) is 18.0 Å². The predicted octanol–water partition coefficient (Wildman–Crippen LogP) is 1.03. The fourth-order valence-electron chi connectivity index (χ4n) is 0.727. The van der Waals surface area contributed by atoms with E-state index in [4.69, 9.17) is 14.6 Å². The Bertz CT molecular complexity index is 170. The third kappa shape index (κ3) is 4.87. The molecule has 70 valence electrons. The minimum atomic E-state index is -0.499. The zero-order valence-corrected chi connectivity index (χ0v) is 7.53. The number of hydrogen-bond donors (Lipinski definition) is 1. The highest BCUT2D eigenvalue weighted by Gasteiger charge is 2.07. The molecule has 0 saturated heterocycles. The minimum absolute atomic E-state index is 0.0313. The van der Waals surface area contributed by atoms with Gasteiger partial charge in [0.05, 0.1) is 6.42 Å². The van der Waals surface area contributed by atoms with E-state index in [9.17, 15) is 4.79 Å². The van der Waals surface area contributed by atoms with E-state index in [1.807, 2.05) is 0 Å². The van der Waals surface area contributed by atoms with Crippen LogP contribution in [0.2, 0.25) is 0 Å². The topological polar surface area (TPSA) is 55.8 Å². The van der Waals surface area contributed by atoms with Gasteiger partial charge in [-0.2, -0.15) is 0 Å². The largest absolute Gasteiger partial charge is 0.512 e. The lowest BCUT2D eigenvalue weighted by atomic mass is 10.3. The Balaban J connectivity index is 3.97. The number of carbonyl (C=O) groups is 1. The second-order valence-electron chi connectivity index (χ2n) is 2.35. The van der Waals surface area contributed by atoms with Gasteiger partial charge in [0.1, 0.15) is 5.76 Å². The van der Waals surface area contributed by atoms with Crippen molar-refractivity contribution in [2.24, 2.45) is 0 Å². The molecule has 12 heavy (non-hydrogen) atoms. The molecule has 0 aliphatic carbocycles. The summed E-state index contributed by atoms with van der Waals surface area (Å²) in [5.74, 6) is -0.227. The normalized spacial score (nSPS) is 12.2. The summed E-state index contributed by atoms with van der Waals surface area (Å²) in [5, 5.41) is 9.13. The molecule has 0 bridgehead atoms. The molecule has 0 atom stereocenters.